The SMILES string of the molecule is CC(=O)N1CCN(C(=O)CNCCCc2ccccc2)CC1. The van der Waals surface area contributed by atoms with Gasteiger partial charge in [-0.15, -0.1) is 0 Å². The van der Waals surface area contributed by atoms with E-state index in [1.54, 1.807) is 11.8 Å². The second kappa shape index (κ2) is 8.54. The molecule has 0 aromatic heterocycles. The van der Waals surface area contributed by atoms with Crippen molar-refractivity contribution in [3.05, 3.63) is 35.9 Å². The largest absolute Gasteiger partial charge is 0.339 e. The lowest BCUT2D eigenvalue weighted by Gasteiger charge is -2.34. The first-order valence-electron chi connectivity index (χ1n) is 7.95. The van der Waals surface area contributed by atoms with Gasteiger partial charge in [0.2, 0.25) is 11.8 Å². The van der Waals surface area contributed by atoms with Crippen molar-refractivity contribution in [3.63, 3.8) is 0 Å². The van der Waals surface area contributed by atoms with Gasteiger partial charge in [-0.2, -0.15) is 0 Å². The molecule has 1 heterocycles. The summed E-state index contributed by atoms with van der Waals surface area (Å²) in [5, 5.41) is 3.21. The van der Waals surface area contributed by atoms with E-state index in [1.807, 2.05) is 23.1 Å². The molecule has 0 spiro atoms. The smallest absolute Gasteiger partial charge is 0.236 e. The molecule has 2 amide bonds. The highest BCUT2D eigenvalue weighted by Gasteiger charge is 2.21. The van der Waals surface area contributed by atoms with Crippen molar-refractivity contribution < 1.29 is 9.59 Å². The van der Waals surface area contributed by atoms with E-state index in [2.05, 4.69) is 17.4 Å². The summed E-state index contributed by atoms with van der Waals surface area (Å²) in [7, 11) is 0. The van der Waals surface area contributed by atoms with Gasteiger partial charge >= 0.3 is 0 Å². The fourth-order valence-electron chi connectivity index (χ4n) is 2.64. The third-order valence-corrected chi connectivity index (χ3v) is 4.02. The van der Waals surface area contributed by atoms with E-state index in [9.17, 15) is 9.59 Å². The van der Waals surface area contributed by atoms with Crippen molar-refractivity contribution >= 4 is 11.8 Å². The number of benzene rings is 1. The van der Waals surface area contributed by atoms with Crippen molar-refractivity contribution in [2.45, 2.75) is 19.8 Å². The van der Waals surface area contributed by atoms with Crippen molar-refractivity contribution in [2.75, 3.05) is 39.3 Å². The standard InChI is InChI=1S/C17H25N3O2/c1-15(21)19-10-12-20(13-11-19)17(22)14-18-9-5-8-16-6-3-2-4-7-16/h2-4,6-7,18H,5,8-14H2,1H3. The summed E-state index contributed by atoms with van der Waals surface area (Å²) in [6.07, 6.45) is 2.05. The van der Waals surface area contributed by atoms with Gasteiger partial charge in [0, 0.05) is 33.1 Å². The minimum absolute atomic E-state index is 0.0890. The fourth-order valence-corrected chi connectivity index (χ4v) is 2.64. The molecule has 120 valence electrons. The molecule has 1 aromatic carbocycles. The van der Waals surface area contributed by atoms with Crippen LogP contribution in [0.5, 0.6) is 0 Å². The van der Waals surface area contributed by atoms with Crippen LogP contribution < -0.4 is 5.32 Å². The number of hydrogen-bond donors (Lipinski definition) is 1. The predicted octanol–water partition coefficient (Wildman–Crippen LogP) is 0.900. The van der Waals surface area contributed by atoms with Crippen molar-refractivity contribution in [1.29, 1.82) is 0 Å². The third kappa shape index (κ3) is 5.15. The molecular weight excluding hydrogens is 278 g/mol. The Bertz CT molecular complexity index is 482. The summed E-state index contributed by atoms with van der Waals surface area (Å²) in [4.78, 5) is 26.9. The van der Waals surface area contributed by atoms with E-state index in [1.165, 1.54) is 5.56 Å². The first kappa shape index (κ1) is 16.5. The van der Waals surface area contributed by atoms with Crippen LogP contribution in [0.25, 0.3) is 0 Å². The summed E-state index contributed by atoms with van der Waals surface area (Å²) >= 11 is 0. The lowest BCUT2D eigenvalue weighted by molar-refractivity contribution is -0.137. The summed E-state index contributed by atoms with van der Waals surface area (Å²) in [6, 6.07) is 10.4. The highest BCUT2D eigenvalue weighted by molar-refractivity contribution is 5.79. The molecular formula is C17H25N3O2. The van der Waals surface area contributed by atoms with Crippen LogP contribution >= 0.6 is 0 Å². The van der Waals surface area contributed by atoms with Crippen molar-refractivity contribution in [1.82, 2.24) is 15.1 Å². The number of amides is 2. The minimum Gasteiger partial charge on any atom is -0.339 e. The van der Waals surface area contributed by atoms with Crippen LogP contribution in [0.4, 0.5) is 0 Å². The first-order valence-corrected chi connectivity index (χ1v) is 7.95. The molecule has 0 aliphatic carbocycles. The van der Waals surface area contributed by atoms with Gasteiger partial charge in [-0.05, 0) is 24.9 Å². The number of piperazine rings is 1. The highest BCUT2D eigenvalue weighted by atomic mass is 16.2. The zero-order valence-corrected chi connectivity index (χ0v) is 13.3. The van der Waals surface area contributed by atoms with Crippen LogP contribution in [0.2, 0.25) is 0 Å². The van der Waals surface area contributed by atoms with Crippen LogP contribution in [0.15, 0.2) is 30.3 Å². The summed E-state index contributed by atoms with van der Waals surface area (Å²) in [5.41, 5.74) is 1.33. The van der Waals surface area contributed by atoms with Gasteiger partial charge in [0.15, 0.2) is 0 Å². The minimum atomic E-state index is 0.0890. The van der Waals surface area contributed by atoms with Crippen LogP contribution in [-0.2, 0) is 16.0 Å². The molecule has 0 bridgehead atoms. The maximum Gasteiger partial charge on any atom is 0.236 e. The van der Waals surface area contributed by atoms with Crippen molar-refractivity contribution in [3.8, 4) is 0 Å². The van der Waals surface area contributed by atoms with Crippen molar-refractivity contribution in [2.24, 2.45) is 0 Å². The number of aryl methyl sites for hydroxylation is 1. The molecule has 22 heavy (non-hydrogen) atoms. The zero-order chi connectivity index (χ0) is 15.8. The molecule has 0 radical (unpaired) electrons. The molecule has 1 aliphatic rings. The van der Waals surface area contributed by atoms with E-state index in [0.717, 1.165) is 19.4 Å². The Morgan fingerprint density at radius 3 is 2.32 bits per heavy atom. The van der Waals surface area contributed by atoms with Gasteiger partial charge in [0.05, 0.1) is 6.54 Å². The van der Waals surface area contributed by atoms with Gasteiger partial charge in [0.1, 0.15) is 0 Å². The van der Waals surface area contributed by atoms with E-state index in [4.69, 9.17) is 0 Å². The molecule has 5 nitrogen and oxygen atoms in total. The van der Waals surface area contributed by atoms with Crippen LogP contribution in [0.1, 0.15) is 18.9 Å². The Balaban J connectivity index is 1.57. The van der Waals surface area contributed by atoms with E-state index >= 15 is 0 Å². The monoisotopic (exact) mass is 303 g/mol. The molecule has 2 rings (SSSR count). The molecule has 1 fully saturated rings. The van der Waals surface area contributed by atoms with Crippen LogP contribution in [0.3, 0.4) is 0 Å². The normalized spacial score (nSPS) is 15.0. The Morgan fingerprint density at radius 1 is 1.05 bits per heavy atom. The summed E-state index contributed by atoms with van der Waals surface area (Å²) in [6.45, 7) is 5.38. The molecule has 5 heteroatoms. The molecule has 1 aromatic rings. The highest BCUT2D eigenvalue weighted by Crippen LogP contribution is 2.03. The third-order valence-electron chi connectivity index (χ3n) is 4.02. The van der Waals surface area contributed by atoms with Gasteiger partial charge in [-0.1, -0.05) is 30.3 Å². The maximum absolute atomic E-state index is 12.1. The molecule has 0 atom stereocenters. The second-order valence-electron chi connectivity index (χ2n) is 5.65. The number of hydrogen-bond acceptors (Lipinski definition) is 3. The number of carbonyl (C=O) groups is 2. The Kier molecular flexibility index (Phi) is 6.40. The molecule has 1 saturated heterocycles. The maximum atomic E-state index is 12.1. The molecule has 0 saturated carbocycles. The topological polar surface area (TPSA) is 52.7 Å². The number of nitrogens with zero attached hydrogens (tertiary/aromatic N) is 2. The van der Waals surface area contributed by atoms with E-state index in [-0.39, 0.29) is 11.8 Å². The predicted molar refractivity (Wildman–Crippen MR) is 86.5 cm³/mol. The summed E-state index contributed by atoms with van der Waals surface area (Å²) < 4.78 is 0. The second-order valence-corrected chi connectivity index (χ2v) is 5.65. The van der Waals surface area contributed by atoms with E-state index < -0.39 is 0 Å². The number of rotatable bonds is 6. The Hall–Kier alpha value is -1.88. The number of carbonyl (C=O) groups excluding carboxylic acids is 2. The van der Waals surface area contributed by atoms with Gasteiger partial charge in [-0.25, -0.2) is 0 Å². The molecule has 1 N–H and O–H groups in total. The first-order chi connectivity index (χ1) is 10.7. The van der Waals surface area contributed by atoms with Gasteiger partial charge in [-0.3, -0.25) is 9.59 Å². The van der Waals surface area contributed by atoms with Crippen LogP contribution in [0, 0.1) is 0 Å². The lowest BCUT2D eigenvalue weighted by Crippen LogP contribution is -2.51. The Morgan fingerprint density at radius 2 is 1.68 bits per heavy atom. The molecule has 0 unspecified atom stereocenters. The average molecular weight is 303 g/mol. The quantitative estimate of drug-likeness (QED) is 0.795. The Labute approximate surface area is 132 Å². The van der Waals surface area contributed by atoms with Gasteiger partial charge in [0.25, 0.3) is 0 Å². The van der Waals surface area contributed by atoms with E-state index in [0.29, 0.717) is 32.7 Å². The summed E-state index contributed by atoms with van der Waals surface area (Å²) in [5.74, 6) is 0.217. The van der Waals surface area contributed by atoms with Crippen LogP contribution in [-0.4, -0.2) is 60.9 Å². The fraction of sp³-hybridized carbons (Fsp3) is 0.529. The average Bonchev–Trinajstić information content (AvgIpc) is 2.55. The zero-order valence-electron chi connectivity index (χ0n) is 13.3. The molecule has 1 aliphatic heterocycles. The number of nitrogens with one attached hydrogen (secondary N) is 1. The lowest BCUT2D eigenvalue weighted by atomic mass is 10.1. The van der Waals surface area contributed by atoms with Gasteiger partial charge < -0.3 is 15.1 Å².